The Morgan fingerprint density at radius 2 is 1.58 bits per heavy atom. The standard InChI is InChI=1S/C24H28N2O7/c27-13-11-21(28)22(29)25-12-5-10-20(23(30)31)26-24(32)33-14-19-17-8-3-1-6-15(17)16-7-2-4-9-18(16)19/h1-4,6-9,19-21,27-28H,5,10-14H2,(H,25,29)(H,26,32)(H,30,31)/t20-,21+/m0/s1. The van der Waals surface area contributed by atoms with Crippen LogP contribution in [0.25, 0.3) is 11.1 Å². The van der Waals surface area contributed by atoms with Crippen molar-refractivity contribution in [1.82, 2.24) is 10.6 Å². The second kappa shape index (κ2) is 11.4. The summed E-state index contributed by atoms with van der Waals surface area (Å²) in [4.78, 5) is 35.4. The molecule has 2 amide bonds. The lowest BCUT2D eigenvalue weighted by molar-refractivity contribution is -0.139. The van der Waals surface area contributed by atoms with Gasteiger partial charge in [0.2, 0.25) is 5.91 Å². The van der Waals surface area contributed by atoms with Crippen molar-refractivity contribution < 1.29 is 34.4 Å². The van der Waals surface area contributed by atoms with Gasteiger partial charge in [0.05, 0.1) is 0 Å². The molecule has 2 aromatic carbocycles. The number of aliphatic carboxylic acids is 1. The van der Waals surface area contributed by atoms with Gasteiger partial charge in [-0.15, -0.1) is 0 Å². The molecule has 3 rings (SSSR count). The molecule has 0 spiro atoms. The Morgan fingerprint density at radius 1 is 0.970 bits per heavy atom. The van der Waals surface area contributed by atoms with Gasteiger partial charge in [0.25, 0.3) is 0 Å². The molecule has 1 aliphatic rings. The van der Waals surface area contributed by atoms with Gasteiger partial charge in [0.1, 0.15) is 18.8 Å². The Bertz CT molecular complexity index is 949. The third kappa shape index (κ3) is 6.09. The summed E-state index contributed by atoms with van der Waals surface area (Å²) in [5, 5.41) is 32.4. The third-order valence-electron chi connectivity index (χ3n) is 5.61. The quantitative estimate of drug-likeness (QED) is 0.323. The van der Waals surface area contributed by atoms with Crippen LogP contribution in [0.1, 0.15) is 36.3 Å². The average Bonchev–Trinajstić information content (AvgIpc) is 3.13. The minimum absolute atomic E-state index is 0.0654. The van der Waals surface area contributed by atoms with Crippen LogP contribution in [0.4, 0.5) is 4.79 Å². The number of ether oxygens (including phenoxy) is 1. The lowest BCUT2D eigenvalue weighted by Gasteiger charge is -2.17. The number of hydrogen-bond donors (Lipinski definition) is 5. The Kier molecular flexibility index (Phi) is 8.39. The monoisotopic (exact) mass is 456 g/mol. The molecule has 33 heavy (non-hydrogen) atoms. The number of aliphatic hydroxyl groups is 2. The Balaban J connectivity index is 1.50. The molecular weight excluding hydrogens is 428 g/mol. The minimum atomic E-state index is -1.32. The maximum atomic E-state index is 12.3. The second-order valence-electron chi connectivity index (χ2n) is 7.82. The zero-order valence-corrected chi connectivity index (χ0v) is 18.1. The van der Waals surface area contributed by atoms with E-state index >= 15 is 0 Å². The molecule has 2 aromatic rings. The van der Waals surface area contributed by atoms with Crippen LogP contribution < -0.4 is 10.6 Å². The fourth-order valence-corrected chi connectivity index (χ4v) is 3.93. The van der Waals surface area contributed by atoms with E-state index < -0.39 is 30.1 Å². The number of rotatable bonds is 11. The molecular formula is C24H28N2O7. The van der Waals surface area contributed by atoms with Gasteiger partial charge in [0, 0.05) is 25.5 Å². The summed E-state index contributed by atoms with van der Waals surface area (Å²) >= 11 is 0. The largest absolute Gasteiger partial charge is 0.480 e. The number of carbonyl (C=O) groups is 3. The van der Waals surface area contributed by atoms with Crippen molar-refractivity contribution in [1.29, 1.82) is 0 Å². The van der Waals surface area contributed by atoms with Crippen LogP contribution in [0.5, 0.6) is 0 Å². The van der Waals surface area contributed by atoms with E-state index in [1.165, 1.54) is 0 Å². The number of benzene rings is 2. The van der Waals surface area contributed by atoms with Gasteiger partial charge in [-0.2, -0.15) is 0 Å². The summed E-state index contributed by atoms with van der Waals surface area (Å²) in [6, 6.07) is 14.6. The van der Waals surface area contributed by atoms with Crippen molar-refractivity contribution >= 4 is 18.0 Å². The second-order valence-corrected chi connectivity index (χ2v) is 7.82. The van der Waals surface area contributed by atoms with Crippen LogP contribution in [0, 0.1) is 0 Å². The van der Waals surface area contributed by atoms with Gasteiger partial charge in [0.15, 0.2) is 0 Å². The molecule has 0 radical (unpaired) electrons. The van der Waals surface area contributed by atoms with Crippen molar-refractivity contribution in [2.24, 2.45) is 0 Å². The summed E-state index contributed by atoms with van der Waals surface area (Å²) in [6.07, 6.45) is -1.89. The van der Waals surface area contributed by atoms with E-state index in [2.05, 4.69) is 10.6 Å². The van der Waals surface area contributed by atoms with Crippen LogP contribution in [-0.2, 0) is 14.3 Å². The average molecular weight is 456 g/mol. The molecule has 5 N–H and O–H groups in total. The maximum absolute atomic E-state index is 12.3. The lowest BCUT2D eigenvalue weighted by atomic mass is 9.98. The first kappa shape index (κ1) is 24.2. The van der Waals surface area contributed by atoms with E-state index in [1.807, 2.05) is 48.5 Å². The molecule has 9 heteroatoms. The summed E-state index contributed by atoms with van der Waals surface area (Å²) in [5.74, 6) is -1.98. The van der Waals surface area contributed by atoms with Gasteiger partial charge in [-0.3, -0.25) is 4.79 Å². The first-order valence-electron chi connectivity index (χ1n) is 10.8. The topological polar surface area (TPSA) is 145 Å². The van der Waals surface area contributed by atoms with Crippen LogP contribution in [0.3, 0.4) is 0 Å². The van der Waals surface area contributed by atoms with Crippen molar-refractivity contribution in [2.45, 2.75) is 37.3 Å². The van der Waals surface area contributed by atoms with E-state index in [0.717, 1.165) is 22.3 Å². The molecule has 9 nitrogen and oxygen atoms in total. The minimum Gasteiger partial charge on any atom is -0.480 e. The smallest absolute Gasteiger partial charge is 0.407 e. The van der Waals surface area contributed by atoms with Crippen LogP contribution in [0.15, 0.2) is 48.5 Å². The Morgan fingerprint density at radius 3 is 2.15 bits per heavy atom. The summed E-state index contributed by atoms with van der Waals surface area (Å²) in [6.45, 7) is -0.123. The molecule has 0 aromatic heterocycles. The van der Waals surface area contributed by atoms with E-state index in [9.17, 15) is 24.6 Å². The number of fused-ring (bicyclic) bond motifs is 3. The molecule has 0 fully saturated rings. The summed E-state index contributed by atoms with van der Waals surface area (Å²) in [5.41, 5.74) is 4.30. The van der Waals surface area contributed by atoms with Gasteiger partial charge < -0.3 is 30.7 Å². The first-order chi connectivity index (χ1) is 15.9. The normalized spacial score (nSPS) is 14.0. The zero-order chi connectivity index (χ0) is 23.8. The molecule has 0 bridgehead atoms. The highest BCUT2D eigenvalue weighted by Crippen LogP contribution is 2.44. The van der Waals surface area contributed by atoms with Crippen molar-refractivity contribution in [2.75, 3.05) is 19.8 Å². The number of amides is 2. The number of carboxylic acid groups (broad SMARTS) is 1. The number of aliphatic hydroxyl groups excluding tert-OH is 2. The fraction of sp³-hybridized carbons (Fsp3) is 0.375. The molecule has 1 aliphatic carbocycles. The highest BCUT2D eigenvalue weighted by molar-refractivity contribution is 5.81. The predicted molar refractivity (Wildman–Crippen MR) is 120 cm³/mol. The molecule has 176 valence electrons. The predicted octanol–water partition coefficient (Wildman–Crippen LogP) is 1.62. The van der Waals surface area contributed by atoms with Gasteiger partial charge in [-0.25, -0.2) is 9.59 Å². The van der Waals surface area contributed by atoms with Gasteiger partial charge >= 0.3 is 12.1 Å². The molecule has 0 saturated carbocycles. The van der Waals surface area contributed by atoms with E-state index in [0.29, 0.717) is 0 Å². The summed E-state index contributed by atoms with van der Waals surface area (Å²) in [7, 11) is 0. The van der Waals surface area contributed by atoms with E-state index in [-0.39, 0.29) is 44.9 Å². The van der Waals surface area contributed by atoms with Gasteiger partial charge in [-0.05, 0) is 35.1 Å². The SMILES string of the molecule is O=C(N[C@@H](CCCNC(=O)[C@H](O)CCO)C(=O)O)OCC1c2ccccc2-c2ccccc21. The number of carboxylic acids is 1. The third-order valence-corrected chi connectivity index (χ3v) is 5.61. The highest BCUT2D eigenvalue weighted by atomic mass is 16.5. The van der Waals surface area contributed by atoms with Crippen LogP contribution in [0.2, 0.25) is 0 Å². The fourth-order valence-electron chi connectivity index (χ4n) is 3.93. The Labute approximate surface area is 191 Å². The van der Waals surface area contributed by atoms with Crippen molar-refractivity contribution in [3.05, 3.63) is 59.7 Å². The highest BCUT2D eigenvalue weighted by Gasteiger charge is 2.29. The first-order valence-corrected chi connectivity index (χ1v) is 10.8. The maximum Gasteiger partial charge on any atom is 0.407 e. The number of hydrogen-bond acceptors (Lipinski definition) is 6. The molecule has 0 heterocycles. The number of alkyl carbamates (subject to hydrolysis) is 1. The van der Waals surface area contributed by atoms with Crippen LogP contribution in [-0.4, -0.2) is 65.2 Å². The lowest BCUT2D eigenvalue weighted by Crippen LogP contribution is -2.42. The number of carbonyl (C=O) groups excluding carboxylic acids is 2. The molecule has 0 aliphatic heterocycles. The van der Waals surface area contributed by atoms with Crippen molar-refractivity contribution in [3.8, 4) is 11.1 Å². The zero-order valence-electron chi connectivity index (χ0n) is 18.1. The summed E-state index contributed by atoms with van der Waals surface area (Å²) < 4.78 is 5.38. The Hall–Kier alpha value is -3.43. The van der Waals surface area contributed by atoms with Gasteiger partial charge in [-0.1, -0.05) is 48.5 Å². The van der Waals surface area contributed by atoms with Crippen LogP contribution >= 0.6 is 0 Å². The van der Waals surface area contributed by atoms with E-state index in [1.54, 1.807) is 0 Å². The number of nitrogens with one attached hydrogen (secondary N) is 2. The van der Waals surface area contributed by atoms with Crippen molar-refractivity contribution in [3.63, 3.8) is 0 Å². The van der Waals surface area contributed by atoms with E-state index in [4.69, 9.17) is 9.84 Å². The molecule has 0 saturated heterocycles. The molecule has 2 atom stereocenters. The molecule has 0 unspecified atom stereocenters.